The number of nitrogens with zero attached hydrogens (tertiary/aromatic N) is 5. The van der Waals surface area contributed by atoms with Gasteiger partial charge in [-0.15, -0.1) is 0 Å². The lowest BCUT2D eigenvalue weighted by Gasteiger charge is -2.45. The predicted molar refractivity (Wildman–Crippen MR) is 155 cm³/mol. The lowest BCUT2D eigenvalue weighted by molar-refractivity contribution is -0.125. The van der Waals surface area contributed by atoms with E-state index in [2.05, 4.69) is 0 Å². The normalized spacial score (nSPS) is 19.6. The summed E-state index contributed by atoms with van der Waals surface area (Å²) in [6, 6.07) is 27.3. The van der Waals surface area contributed by atoms with Crippen LogP contribution < -0.4 is 4.90 Å². The van der Waals surface area contributed by atoms with E-state index in [4.69, 9.17) is 44.9 Å². The summed E-state index contributed by atoms with van der Waals surface area (Å²) < 4.78 is 1.75. The molecular formula is C30H20Cl3N5O. The van der Waals surface area contributed by atoms with Crippen molar-refractivity contribution < 1.29 is 4.79 Å². The standard InChI is InChI=1S/C30H20Cl3N5O/c1-18-25-28(38(35-18)20-12-6-3-7-13-20)34-27-23(32)16-22(31)26(33)37(27)30(25)21-14-8-9-15-24(21)36(29(30)39)17-19-10-4-2-5-11-19/h2-16H,17H2,1H3/t30-/m0/s1. The zero-order chi connectivity index (χ0) is 26.9. The maximum Gasteiger partial charge on any atom is 0.263 e. The highest BCUT2D eigenvalue weighted by atomic mass is 35.5. The molecule has 3 aliphatic heterocycles. The maximum atomic E-state index is 15.0. The number of amides is 1. The van der Waals surface area contributed by atoms with Gasteiger partial charge in [0.1, 0.15) is 5.16 Å². The molecule has 39 heavy (non-hydrogen) atoms. The first-order valence-corrected chi connectivity index (χ1v) is 13.5. The van der Waals surface area contributed by atoms with Crippen LogP contribution in [-0.4, -0.2) is 26.4 Å². The fourth-order valence-corrected chi connectivity index (χ4v) is 6.52. The Morgan fingerprint density at radius 2 is 1.54 bits per heavy atom. The van der Waals surface area contributed by atoms with Gasteiger partial charge in [0.05, 0.1) is 39.2 Å². The van der Waals surface area contributed by atoms with Crippen LogP contribution in [0.3, 0.4) is 0 Å². The molecule has 0 fully saturated rings. The molecule has 7 rings (SSSR count). The molecule has 0 radical (unpaired) electrons. The molecule has 3 aromatic carbocycles. The third-order valence-corrected chi connectivity index (χ3v) is 8.38. The fraction of sp³-hybridized carbons (Fsp3) is 0.100. The van der Waals surface area contributed by atoms with Crippen molar-refractivity contribution in [1.29, 1.82) is 0 Å². The van der Waals surface area contributed by atoms with E-state index in [1.54, 1.807) is 20.6 Å². The highest BCUT2D eigenvalue weighted by molar-refractivity contribution is 6.49. The molecule has 0 saturated carbocycles. The zero-order valence-corrected chi connectivity index (χ0v) is 22.9. The lowest BCUT2D eigenvalue weighted by Crippen LogP contribution is -2.57. The molecule has 6 nitrogen and oxygen atoms in total. The van der Waals surface area contributed by atoms with Crippen LogP contribution in [-0.2, 0) is 16.9 Å². The van der Waals surface area contributed by atoms with E-state index in [0.717, 1.165) is 22.5 Å². The Hall–Kier alpha value is -3.84. The topological polar surface area (TPSA) is 53.7 Å². The first-order valence-electron chi connectivity index (χ1n) is 12.4. The molecular weight excluding hydrogens is 553 g/mol. The number of hydrogen-bond acceptors (Lipinski definition) is 4. The number of hydrogen-bond donors (Lipinski definition) is 0. The summed E-state index contributed by atoms with van der Waals surface area (Å²) in [5.74, 6) is 0.662. The van der Waals surface area contributed by atoms with Gasteiger partial charge in [0.15, 0.2) is 17.2 Å². The average Bonchev–Trinajstić information content (AvgIpc) is 3.41. The SMILES string of the molecule is Cc1nn(-c2ccccc2)c2c1[C@@]1(C(=O)N(Cc3ccccc3)c3ccccc31)N1C(=N2)C(Cl)=CC(Cl)=C1Cl. The number of amidine groups is 1. The molecule has 4 heterocycles. The number of aryl methyl sites for hydroxylation is 1. The van der Waals surface area contributed by atoms with Gasteiger partial charge < -0.3 is 4.90 Å². The summed E-state index contributed by atoms with van der Waals surface area (Å²) in [7, 11) is 0. The second-order valence-corrected chi connectivity index (χ2v) is 10.7. The summed E-state index contributed by atoms with van der Waals surface area (Å²) >= 11 is 20.3. The van der Waals surface area contributed by atoms with Crippen LogP contribution in [0.4, 0.5) is 11.5 Å². The molecule has 0 aliphatic carbocycles. The number of aliphatic imine (C=N–C) groups is 1. The third kappa shape index (κ3) is 3.32. The molecule has 0 bridgehead atoms. The van der Waals surface area contributed by atoms with Crippen LogP contribution in [0.2, 0.25) is 0 Å². The second-order valence-electron chi connectivity index (χ2n) is 9.54. The van der Waals surface area contributed by atoms with Crippen LogP contribution >= 0.6 is 34.8 Å². The first kappa shape index (κ1) is 24.2. The number of para-hydroxylation sites is 2. The minimum atomic E-state index is -1.43. The minimum absolute atomic E-state index is 0.169. The van der Waals surface area contributed by atoms with E-state index in [0.29, 0.717) is 29.5 Å². The van der Waals surface area contributed by atoms with Gasteiger partial charge in [-0.25, -0.2) is 9.67 Å². The van der Waals surface area contributed by atoms with Gasteiger partial charge in [-0.05, 0) is 36.8 Å². The van der Waals surface area contributed by atoms with E-state index >= 15 is 4.79 Å². The van der Waals surface area contributed by atoms with E-state index in [1.807, 2.05) is 91.9 Å². The van der Waals surface area contributed by atoms with Gasteiger partial charge >= 0.3 is 0 Å². The van der Waals surface area contributed by atoms with Crippen molar-refractivity contribution in [2.45, 2.75) is 19.0 Å². The second kappa shape index (κ2) is 8.85. The zero-order valence-electron chi connectivity index (χ0n) is 20.6. The maximum absolute atomic E-state index is 15.0. The molecule has 4 aromatic rings. The highest BCUT2D eigenvalue weighted by Gasteiger charge is 2.63. The molecule has 1 amide bonds. The smallest absolute Gasteiger partial charge is 0.263 e. The number of carbonyl (C=O) groups is 1. The van der Waals surface area contributed by atoms with Gasteiger partial charge in [0.2, 0.25) is 0 Å². The van der Waals surface area contributed by atoms with Crippen LogP contribution in [0.15, 0.2) is 111 Å². The Labute approximate surface area is 240 Å². The van der Waals surface area contributed by atoms with E-state index in [9.17, 15) is 0 Å². The minimum Gasteiger partial charge on any atom is -0.305 e. The Balaban J connectivity index is 1.56. The van der Waals surface area contributed by atoms with Crippen LogP contribution in [0.25, 0.3) is 5.69 Å². The van der Waals surface area contributed by atoms with Gasteiger partial charge in [-0.3, -0.25) is 9.69 Å². The number of fused-ring (bicyclic) bond motifs is 6. The Bertz CT molecular complexity index is 1760. The number of carbonyl (C=O) groups excluding carboxylic acids is 1. The summed E-state index contributed by atoms with van der Waals surface area (Å²) in [6.07, 6.45) is 1.56. The molecule has 1 atom stereocenters. The van der Waals surface area contributed by atoms with Gasteiger partial charge in [0.25, 0.3) is 5.91 Å². The van der Waals surface area contributed by atoms with Crippen LogP contribution in [0.1, 0.15) is 22.4 Å². The monoisotopic (exact) mass is 571 g/mol. The third-order valence-electron chi connectivity index (χ3n) is 7.34. The quantitative estimate of drug-likeness (QED) is 0.246. The number of allylic oxidation sites excluding steroid dienone is 2. The van der Waals surface area contributed by atoms with Crippen molar-refractivity contribution in [2.75, 3.05) is 4.90 Å². The van der Waals surface area contributed by atoms with E-state index in [-0.39, 0.29) is 21.1 Å². The molecule has 1 spiro atoms. The highest BCUT2D eigenvalue weighted by Crippen LogP contribution is 2.57. The van der Waals surface area contributed by atoms with Crippen molar-refractivity contribution in [2.24, 2.45) is 4.99 Å². The predicted octanol–water partition coefficient (Wildman–Crippen LogP) is 7.10. The molecule has 0 N–H and O–H groups in total. The van der Waals surface area contributed by atoms with E-state index < -0.39 is 5.54 Å². The molecule has 0 unspecified atom stereocenters. The Morgan fingerprint density at radius 1 is 0.872 bits per heavy atom. The van der Waals surface area contributed by atoms with Crippen molar-refractivity contribution in [1.82, 2.24) is 14.7 Å². The van der Waals surface area contributed by atoms with E-state index in [1.165, 1.54) is 0 Å². The summed E-state index contributed by atoms with van der Waals surface area (Å²) in [5.41, 5.74) is 3.19. The molecule has 3 aliphatic rings. The van der Waals surface area contributed by atoms with Crippen molar-refractivity contribution in [3.05, 3.63) is 129 Å². The average molecular weight is 573 g/mol. The van der Waals surface area contributed by atoms with Crippen molar-refractivity contribution in [3.63, 3.8) is 0 Å². The number of halogens is 3. The fourth-order valence-electron chi connectivity index (χ4n) is 5.77. The van der Waals surface area contributed by atoms with Gasteiger partial charge in [0, 0.05) is 5.56 Å². The van der Waals surface area contributed by atoms with Gasteiger partial charge in [-0.1, -0.05) is 102 Å². The van der Waals surface area contributed by atoms with Crippen molar-refractivity contribution in [3.8, 4) is 5.69 Å². The largest absolute Gasteiger partial charge is 0.305 e. The number of anilines is 1. The van der Waals surface area contributed by atoms with Gasteiger partial charge in [-0.2, -0.15) is 5.10 Å². The summed E-state index contributed by atoms with van der Waals surface area (Å²) in [4.78, 5) is 23.5. The lowest BCUT2D eigenvalue weighted by atomic mass is 9.80. The Kier molecular flexibility index (Phi) is 5.49. The van der Waals surface area contributed by atoms with Crippen LogP contribution in [0.5, 0.6) is 0 Å². The number of rotatable bonds is 3. The number of aromatic nitrogens is 2. The molecule has 0 saturated heterocycles. The molecule has 9 heteroatoms. The number of benzene rings is 3. The molecule has 192 valence electrons. The van der Waals surface area contributed by atoms with Crippen LogP contribution in [0, 0.1) is 6.92 Å². The summed E-state index contributed by atoms with van der Waals surface area (Å²) in [6.45, 7) is 2.26. The molecule has 1 aromatic heterocycles. The summed E-state index contributed by atoms with van der Waals surface area (Å²) in [5, 5.41) is 5.55. The Morgan fingerprint density at radius 3 is 2.28 bits per heavy atom. The van der Waals surface area contributed by atoms with Crippen molar-refractivity contribution >= 4 is 58.1 Å². The first-order chi connectivity index (χ1) is 18.9.